The van der Waals surface area contributed by atoms with Crippen LogP contribution in [0, 0.1) is 5.41 Å². The average Bonchev–Trinajstić information content (AvgIpc) is 2.78. The highest BCUT2D eigenvalue weighted by molar-refractivity contribution is 5.79. The van der Waals surface area contributed by atoms with Gasteiger partial charge in [0, 0.05) is 19.0 Å². The van der Waals surface area contributed by atoms with E-state index in [4.69, 9.17) is 0 Å². The van der Waals surface area contributed by atoms with E-state index in [1.165, 1.54) is 7.11 Å². The molecule has 1 rings (SSSR count). The highest BCUT2D eigenvalue weighted by Crippen LogP contribution is 2.15. The molecule has 1 fully saturated rings. The number of methoxy groups -OCH3 is 1. The molecule has 5 heteroatoms. The zero-order valence-corrected chi connectivity index (χ0v) is 10.8. The van der Waals surface area contributed by atoms with E-state index in [9.17, 15) is 9.59 Å². The molecule has 0 saturated carbocycles. The second-order valence-corrected chi connectivity index (χ2v) is 5.15. The highest BCUT2D eigenvalue weighted by Gasteiger charge is 2.29. The van der Waals surface area contributed by atoms with Crippen LogP contribution in [-0.2, 0) is 14.3 Å². The molecule has 0 aromatic heterocycles. The number of esters is 1. The molecule has 1 unspecified atom stereocenters. The van der Waals surface area contributed by atoms with E-state index >= 15 is 0 Å². The Balaban J connectivity index is 2.29. The lowest BCUT2D eigenvalue weighted by molar-refractivity contribution is -0.150. The first kappa shape index (κ1) is 14.0. The summed E-state index contributed by atoms with van der Waals surface area (Å²) >= 11 is 0. The minimum atomic E-state index is -0.673. The topological polar surface area (TPSA) is 67.4 Å². The summed E-state index contributed by atoms with van der Waals surface area (Å²) in [6, 6.07) is 0.288. The van der Waals surface area contributed by atoms with Gasteiger partial charge in [-0.1, -0.05) is 0 Å². The molecule has 0 radical (unpaired) electrons. The maximum absolute atomic E-state index is 11.7. The summed E-state index contributed by atoms with van der Waals surface area (Å²) in [5.74, 6) is -0.321. The molecule has 5 nitrogen and oxygen atoms in total. The fourth-order valence-electron chi connectivity index (χ4n) is 1.89. The lowest BCUT2D eigenvalue weighted by atomic mass is 9.93. The van der Waals surface area contributed by atoms with Gasteiger partial charge in [0.2, 0.25) is 5.91 Å². The molecule has 1 aliphatic rings. The van der Waals surface area contributed by atoms with Gasteiger partial charge in [-0.05, 0) is 33.2 Å². The van der Waals surface area contributed by atoms with Crippen molar-refractivity contribution in [1.82, 2.24) is 10.6 Å². The normalized spacial score (nSPS) is 20.1. The number of hydrogen-bond acceptors (Lipinski definition) is 4. The van der Waals surface area contributed by atoms with Crippen molar-refractivity contribution in [3.63, 3.8) is 0 Å². The van der Waals surface area contributed by atoms with Gasteiger partial charge in [-0.25, -0.2) is 0 Å². The second kappa shape index (κ2) is 6.00. The predicted octanol–water partition coefficient (Wildman–Crippen LogP) is 0.444. The van der Waals surface area contributed by atoms with E-state index < -0.39 is 5.41 Å². The molecule has 1 saturated heterocycles. The molecular formula is C12H22N2O3. The summed E-state index contributed by atoms with van der Waals surface area (Å²) in [7, 11) is 1.36. The van der Waals surface area contributed by atoms with E-state index in [1.807, 2.05) is 0 Å². The molecule has 1 amide bonds. The van der Waals surface area contributed by atoms with Crippen LogP contribution in [0.1, 0.15) is 33.1 Å². The van der Waals surface area contributed by atoms with Crippen molar-refractivity contribution in [1.29, 1.82) is 0 Å². The zero-order chi connectivity index (χ0) is 12.9. The Bertz CT molecular complexity index is 283. The number of carbonyl (C=O) groups is 2. The third-order valence-corrected chi connectivity index (χ3v) is 3.06. The third-order valence-electron chi connectivity index (χ3n) is 3.06. The van der Waals surface area contributed by atoms with Gasteiger partial charge >= 0.3 is 5.97 Å². The number of amides is 1. The van der Waals surface area contributed by atoms with Crippen LogP contribution in [-0.4, -0.2) is 38.1 Å². The SMILES string of the molecule is COC(=O)C(C)(C)CNC(=O)CC1CCCN1. The smallest absolute Gasteiger partial charge is 0.313 e. The van der Waals surface area contributed by atoms with Crippen LogP contribution in [0.2, 0.25) is 0 Å². The van der Waals surface area contributed by atoms with Crippen molar-refractivity contribution in [3.05, 3.63) is 0 Å². The molecule has 0 aliphatic carbocycles. The van der Waals surface area contributed by atoms with Crippen LogP contribution in [0.4, 0.5) is 0 Å². The Morgan fingerprint density at radius 3 is 2.71 bits per heavy atom. The minimum Gasteiger partial charge on any atom is -0.469 e. The van der Waals surface area contributed by atoms with E-state index in [1.54, 1.807) is 13.8 Å². The Labute approximate surface area is 102 Å². The second-order valence-electron chi connectivity index (χ2n) is 5.15. The molecule has 1 aliphatic heterocycles. The lowest BCUT2D eigenvalue weighted by Gasteiger charge is -2.22. The maximum Gasteiger partial charge on any atom is 0.313 e. The van der Waals surface area contributed by atoms with Crippen LogP contribution in [0.3, 0.4) is 0 Å². The van der Waals surface area contributed by atoms with Gasteiger partial charge in [-0.2, -0.15) is 0 Å². The number of ether oxygens (including phenoxy) is 1. The average molecular weight is 242 g/mol. The van der Waals surface area contributed by atoms with E-state index in [2.05, 4.69) is 15.4 Å². The van der Waals surface area contributed by atoms with Gasteiger partial charge in [0.15, 0.2) is 0 Å². The number of hydrogen-bond donors (Lipinski definition) is 2. The van der Waals surface area contributed by atoms with Crippen molar-refractivity contribution in [2.24, 2.45) is 5.41 Å². The minimum absolute atomic E-state index is 0.0126. The molecule has 98 valence electrons. The molecule has 0 aromatic rings. The summed E-state index contributed by atoms with van der Waals surface area (Å²) in [6.45, 7) is 4.82. The number of carbonyl (C=O) groups excluding carboxylic acids is 2. The van der Waals surface area contributed by atoms with Gasteiger partial charge in [0.05, 0.1) is 12.5 Å². The molecule has 1 heterocycles. The Morgan fingerprint density at radius 2 is 2.18 bits per heavy atom. The summed E-state index contributed by atoms with van der Waals surface area (Å²) in [5.41, 5.74) is -0.673. The monoisotopic (exact) mass is 242 g/mol. The fourth-order valence-corrected chi connectivity index (χ4v) is 1.89. The molecule has 0 aromatic carbocycles. The van der Waals surface area contributed by atoms with Crippen molar-refractivity contribution >= 4 is 11.9 Å². The molecule has 0 bridgehead atoms. The largest absolute Gasteiger partial charge is 0.469 e. The van der Waals surface area contributed by atoms with Crippen LogP contribution < -0.4 is 10.6 Å². The van der Waals surface area contributed by atoms with E-state index in [0.29, 0.717) is 13.0 Å². The van der Waals surface area contributed by atoms with Gasteiger partial charge in [0.25, 0.3) is 0 Å². The summed E-state index contributed by atoms with van der Waals surface area (Å²) in [5, 5.41) is 6.05. The fraction of sp³-hybridized carbons (Fsp3) is 0.833. The lowest BCUT2D eigenvalue weighted by Crippen LogP contribution is -2.41. The first-order valence-electron chi connectivity index (χ1n) is 6.04. The first-order chi connectivity index (χ1) is 7.95. The highest BCUT2D eigenvalue weighted by atomic mass is 16.5. The third kappa shape index (κ3) is 4.34. The van der Waals surface area contributed by atoms with E-state index in [0.717, 1.165) is 19.4 Å². The maximum atomic E-state index is 11.7. The van der Waals surface area contributed by atoms with Gasteiger partial charge in [-0.15, -0.1) is 0 Å². The first-order valence-corrected chi connectivity index (χ1v) is 6.04. The Kier molecular flexibility index (Phi) is 4.93. The standard InChI is InChI=1S/C12H22N2O3/c1-12(2,11(16)17-3)8-14-10(15)7-9-5-4-6-13-9/h9,13H,4-8H2,1-3H3,(H,14,15). The Hall–Kier alpha value is -1.10. The van der Waals surface area contributed by atoms with Crippen molar-refractivity contribution in [3.8, 4) is 0 Å². The van der Waals surface area contributed by atoms with E-state index in [-0.39, 0.29) is 17.9 Å². The van der Waals surface area contributed by atoms with Crippen LogP contribution in [0.5, 0.6) is 0 Å². The van der Waals surface area contributed by atoms with Crippen molar-refractivity contribution in [2.45, 2.75) is 39.2 Å². The van der Waals surface area contributed by atoms with Gasteiger partial charge < -0.3 is 15.4 Å². The zero-order valence-electron chi connectivity index (χ0n) is 10.8. The van der Waals surface area contributed by atoms with Gasteiger partial charge in [0.1, 0.15) is 0 Å². The van der Waals surface area contributed by atoms with Crippen molar-refractivity contribution in [2.75, 3.05) is 20.2 Å². The van der Waals surface area contributed by atoms with Crippen LogP contribution in [0.25, 0.3) is 0 Å². The molecule has 2 N–H and O–H groups in total. The van der Waals surface area contributed by atoms with Gasteiger partial charge in [-0.3, -0.25) is 9.59 Å². The summed E-state index contributed by atoms with van der Waals surface area (Å²) in [6.07, 6.45) is 2.66. The summed E-state index contributed by atoms with van der Waals surface area (Å²) < 4.78 is 4.68. The predicted molar refractivity (Wildman–Crippen MR) is 64.4 cm³/mol. The Morgan fingerprint density at radius 1 is 1.47 bits per heavy atom. The van der Waals surface area contributed by atoms with Crippen molar-refractivity contribution < 1.29 is 14.3 Å². The van der Waals surface area contributed by atoms with Crippen LogP contribution in [0.15, 0.2) is 0 Å². The molecule has 1 atom stereocenters. The molecule has 17 heavy (non-hydrogen) atoms. The molecular weight excluding hydrogens is 220 g/mol. The summed E-state index contributed by atoms with van der Waals surface area (Å²) in [4.78, 5) is 23.1. The molecule has 0 spiro atoms. The van der Waals surface area contributed by atoms with Crippen LogP contribution >= 0.6 is 0 Å². The number of rotatable bonds is 5. The quantitative estimate of drug-likeness (QED) is 0.687. The number of nitrogens with one attached hydrogen (secondary N) is 2.